The van der Waals surface area contributed by atoms with Crippen molar-refractivity contribution in [1.82, 2.24) is 23.1 Å². The number of rotatable bonds is 3. The Hall–Kier alpha value is -4.37. The lowest BCUT2D eigenvalue weighted by atomic mass is 10.0. The van der Waals surface area contributed by atoms with Gasteiger partial charge < -0.3 is 9.30 Å². The molecule has 5 aromatic rings. The van der Waals surface area contributed by atoms with Crippen molar-refractivity contribution in [1.29, 1.82) is 0 Å². The molecule has 0 radical (unpaired) electrons. The van der Waals surface area contributed by atoms with Crippen molar-refractivity contribution >= 4 is 10.9 Å². The van der Waals surface area contributed by atoms with E-state index in [0.717, 1.165) is 27.2 Å². The van der Waals surface area contributed by atoms with E-state index in [4.69, 9.17) is 4.74 Å². The minimum atomic E-state index is -0.755. The first kappa shape index (κ1) is 23.1. The van der Waals surface area contributed by atoms with Gasteiger partial charge in [0.15, 0.2) is 0 Å². The summed E-state index contributed by atoms with van der Waals surface area (Å²) < 4.78 is 14.4. The van der Waals surface area contributed by atoms with Crippen molar-refractivity contribution < 1.29 is 4.74 Å². The second-order valence-electron chi connectivity index (χ2n) is 9.41. The van der Waals surface area contributed by atoms with Crippen LogP contribution in [0.25, 0.3) is 27.8 Å². The van der Waals surface area contributed by atoms with Crippen LogP contribution in [0.1, 0.15) is 23.1 Å². The van der Waals surface area contributed by atoms with E-state index in [2.05, 4.69) is 0 Å². The molecular weight excluding hydrogens is 470 g/mol. The minimum absolute atomic E-state index is 0.200. The molecule has 188 valence electrons. The van der Waals surface area contributed by atoms with Crippen molar-refractivity contribution in [3.8, 4) is 16.9 Å². The topological polar surface area (TPSA) is 85.1 Å². The Labute approximate surface area is 212 Å². The van der Waals surface area contributed by atoms with E-state index in [0.29, 0.717) is 35.3 Å². The van der Waals surface area contributed by atoms with Gasteiger partial charge in [0.25, 0.3) is 11.1 Å². The third-order valence-electron chi connectivity index (χ3n) is 7.46. The van der Waals surface area contributed by atoms with Gasteiger partial charge in [-0.25, -0.2) is 9.48 Å². The summed E-state index contributed by atoms with van der Waals surface area (Å²) in [6.07, 6.45) is -0.755. The van der Waals surface area contributed by atoms with Crippen LogP contribution in [0.15, 0.2) is 75.0 Å². The van der Waals surface area contributed by atoms with Crippen LogP contribution < -0.4 is 16.8 Å². The Bertz CT molecular complexity index is 1850. The molecule has 0 spiro atoms. The normalized spacial score (nSPS) is 15.3. The molecule has 0 N–H and O–H groups in total. The molecule has 1 aliphatic heterocycles. The first-order valence-electron chi connectivity index (χ1n) is 12.2. The van der Waals surface area contributed by atoms with E-state index in [1.54, 1.807) is 11.7 Å². The number of nitrogens with zero attached hydrogens (tertiary/aromatic N) is 5. The molecular formula is C28H27N5O4. The average molecular weight is 498 g/mol. The fourth-order valence-electron chi connectivity index (χ4n) is 5.59. The highest BCUT2D eigenvalue weighted by atomic mass is 16.5. The first-order valence-corrected chi connectivity index (χ1v) is 12.2. The number of ether oxygens (including phenoxy) is 1. The fourth-order valence-corrected chi connectivity index (χ4v) is 5.59. The van der Waals surface area contributed by atoms with E-state index in [-0.39, 0.29) is 11.1 Å². The zero-order valence-electron chi connectivity index (χ0n) is 21.1. The Morgan fingerprint density at radius 2 is 1.49 bits per heavy atom. The number of aromatic nitrogens is 5. The van der Waals surface area contributed by atoms with Crippen molar-refractivity contribution in [2.45, 2.75) is 19.6 Å². The average Bonchev–Trinajstić information content (AvgIpc) is 3.38. The minimum Gasteiger partial charge on any atom is -0.365 e. The van der Waals surface area contributed by atoms with E-state index in [1.165, 1.54) is 11.6 Å². The van der Waals surface area contributed by atoms with Gasteiger partial charge in [-0.1, -0.05) is 48.5 Å². The maximum Gasteiger partial charge on any atom is 0.331 e. The Morgan fingerprint density at radius 3 is 2.16 bits per heavy atom. The maximum absolute atomic E-state index is 13.9. The highest BCUT2D eigenvalue weighted by Gasteiger charge is 2.36. The number of hydrogen-bond acceptors (Lipinski definition) is 4. The van der Waals surface area contributed by atoms with Crippen LogP contribution in [0.3, 0.4) is 0 Å². The van der Waals surface area contributed by atoms with Gasteiger partial charge in [0.05, 0.1) is 40.1 Å². The molecule has 1 atom stereocenters. The quantitative estimate of drug-likeness (QED) is 0.384. The van der Waals surface area contributed by atoms with E-state index in [1.807, 2.05) is 83.9 Å². The summed E-state index contributed by atoms with van der Waals surface area (Å²) in [6, 6.07) is 19.1. The zero-order chi connectivity index (χ0) is 26.0. The third kappa shape index (κ3) is 3.17. The van der Waals surface area contributed by atoms with Gasteiger partial charge in [0.2, 0.25) is 0 Å². The Balaban J connectivity index is 1.73. The largest absolute Gasteiger partial charge is 0.365 e. The van der Waals surface area contributed by atoms with Gasteiger partial charge in [-0.2, -0.15) is 0 Å². The summed E-state index contributed by atoms with van der Waals surface area (Å²) in [7, 11) is 4.99. The van der Waals surface area contributed by atoms with Crippen LogP contribution >= 0.6 is 0 Å². The first-order chi connectivity index (χ1) is 17.8. The molecule has 2 aromatic carbocycles. The molecule has 0 unspecified atom stereocenters. The number of hydrogen-bond donors (Lipinski definition) is 0. The third-order valence-corrected chi connectivity index (χ3v) is 7.46. The summed E-state index contributed by atoms with van der Waals surface area (Å²) in [6.45, 7) is 2.73. The molecule has 6 rings (SSSR count). The molecule has 9 nitrogen and oxygen atoms in total. The SMILES string of the molecule is Cc1c([C@@H]2OCCn3c(-c4ccccc4)c4c(=O)n(C)c(=O)n(C)c4c32)c(=O)n(-c2ccccc2)n1C. The predicted octanol–water partition coefficient (Wildman–Crippen LogP) is 2.62. The molecule has 0 bridgehead atoms. The molecule has 0 fully saturated rings. The second kappa shape index (κ2) is 8.35. The van der Waals surface area contributed by atoms with Crippen LogP contribution in [-0.2, 0) is 32.4 Å². The molecule has 4 heterocycles. The van der Waals surface area contributed by atoms with Gasteiger partial charge in [0.1, 0.15) is 6.10 Å². The van der Waals surface area contributed by atoms with E-state index >= 15 is 0 Å². The Morgan fingerprint density at radius 1 is 0.838 bits per heavy atom. The van der Waals surface area contributed by atoms with Crippen molar-refractivity contribution in [3.05, 3.63) is 109 Å². The number of aryl methyl sites for hydroxylation is 1. The summed E-state index contributed by atoms with van der Waals surface area (Å²) in [5.74, 6) is 0. The summed E-state index contributed by atoms with van der Waals surface area (Å²) in [5, 5.41) is 0.443. The van der Waals surface area contributed by atoms with Crippen LogP contribution in [-0.4, -0.2) is 29.7 Å². The Kier molecular flexibility index (Phi) is 5.20. The van der Waals surface area contributed by atoms with Gasteiger partial charge in [-0.05, 0) is 24.6 Å². The number of fused-ring (bicyclic) bond motifs is 3. The van der Waals surface area contributed by atoms with Gasteiger partial charge in [0, 0.05) is 33.4 Å². The molecule has 0 amide bonds. The highest BCUT2D eigenvalue weighted by Crippen LogP contribution is 2.40. The standard InChI is InChI=1S/C28H27N5O4/c1-17-20(27(35)33(31(17)4)19-13-9-6-10-14-19)25-24-23-21(26(34)30(3)28(36)29(23)2)22(32(24)15-16-37-25)18-11-7-5-8-12-18/h5-14,25H,15-16H2,1-4H3/t25-/m0/s1. The van der Waals surface area contributed by atoms with E-state index < -0.39 is 11.8 Å². The maximum atomic E-state index is 13.9. The smallest absolute Gasteiger partial charge is 0.331 e. The number of benzene rings is 2. The van der Waals surface area contributed by atoms with Gasteiger partial charge in [-0.15, -0.1) is 0 Å². The van der Waals surface area contributed by atoms with Crippen molar-refractivity contribution in [2.24, 2.45) is 21.1 Å². The summed E-state index contributed by atoms with van der Waals surface area (Å²) >= 11 is 0. The second-order valence-corrected chi connectivity index (χ2v) is 9.41. The molecule has 0 saturated heterocycles. The molecule has 0 saturated carbocycles. The molecule has 0 aliphatic carbocycles. The van der Waals surface area contributed by atoms with Crippen LogP contribution in [0.4, 0.5) is 0 Å². The van der Waals surface area contributed by atoms with Crippen molar-refractivity contribution in [2.75, 3.05) is 6.61 Å². The monoisotopic (exact) mass is 497 g/mol. The van der Waals surface area contributed by atoms with Crippen LogP contribution in [0, 0.1) is 6.92 Å². The molecule has 3 aromatic heterocycles. The van der Waals surface area contributed by atoms with Crippen molar-refractivity contribution in [3.63, 3.8) is 0 Å². The lowest BCUT2D eigenvalue weighted by Crippen LogP contribution is -2.37. The van der Waals surface area contributed by atoms with Crippen LogP contribution in [0.2, 0.25) is 0 Å². The van der Waals surface area contributed by atoms with Gasteiger partial charge in [-0.3, -0.25) is 23.4 Å². The number of para-hydroxylation sites is 1. The molecule has 37 heavy (non-hydrogen) atoms. The molecule has 1 aliphatic rings. The predicted molar refractivity (Wildman–Crippen MR) is 141 cm³/mol. The van der Waals surface area contributed by atoms with Crippen LogP contribution in [0.5, 0.6) is 0 Å². The fraction of sp³-hybridized carbons (Fsp3) is 0.250. The summed E-state index contributed by atoms with van der Waals surface area (Å²) in [4.78, 5) is 40.5. The summed E-state index contributed by atoms with van der Waals surface area (Å²) in [5.41, 5.74) is 3.70. The highest BCUT2D eigenvalue weighted by molar-refractivity contribution is 5.96. The zero-order valence-corrected chi connectivity index (χ0v) is 21.1. The lowest BCUT2D eigenvalue weighted by molar-refractivity contribution is 0.0468. The lowest BCUT2D eigenvalue weighted by Gasteiger charge is -2.27. The van der Waals surface area contributed by atoms with Gasteiger partial charge >= 0.3 is 5.69 Å². The van der Waals surface area contributed by atoms with E-state index in [9.17, 15) is 14.4 Å². The molecule has 9 heteroatoms.